The predicted molar refractivity (Wildman–Crippen MR) is 35.4 cm³/mol. The van der Waals surface area contributed by atoms with E-state index < -0.39 is 6.16 Å². The second kappa shape index (κ2) is 3.44. The normalized spacial score (nSPS) is 20.4. The number of rotatable bonds is 1. The Morgan fingerprint density at radius 1 is 1.30 bits per heavy atom. The number of hydrogen-bond acceptors (Lipinski definition) is 2. The van der Waals surface area contributed by atoms with Gasteiger partial charge in [0.2, 0.25) is 0 Å². The smallest absolute Gasteiger partial charge is 0.450 e. The Hall–Kier alpha value is -0.730. The summed E-state index contributed by atoms with van der Waals surface area (Å²) in [7, 11) is 0. The van der Waals surface area contributed by atoms with Crippen molar-refractivity contribution in [3.63, 3.8) is 0 Å². The lowest BCUT2D eigenvalue weighted by Gasteiger charge is -2.18. The van der Waals surface area contributed by atoms with Crippen molar-refractivity contribution in [3.05, 3.63) is 6.10 Å². The third-order valence-electron chi connectivity index (χ3n) is 1.64. The fourth-order valence-electron chi connectivity index (χ4n) is 1.17. The number of carboxylic acid groups (broad SMARTS) is 1. The third-order valence-corrected chi connectivity index (χ3v) is 1.64. The summed E-state index contributed by atoms with van der Waals surface area (Å²) in [6.45, 7) is 0. The molecule has 10 heavy (non-hydrogen) atoms. The van der Waals surface area contributed by atoms with Gasteiger partial charge in [0.15, 0.2) is 6.10 Å². The van der Waals surface area contributed by atoms with Crippen LogP contribution in [0.25, 0.3) is 0 Å². The molecule has 0 atom stereocenters. The zero-order valence-electron chi connectivity index (χ0n) is 5.80. The van der Waals surface area contributed by atoms with Crippen LogP contribution in [0.4, 0.5) is 4.79 Å². The molecule has 0 amide bonds. The topological polar surface area (TPSA) is 46.5 Å². The fraction of sp³-hybridized carbons (Fsp3) is 0.714. The summed E-state index contributed by atoms with van der Waals surface area (Å²) < 4.78 is 4.52. The molecule has 0 spiro atoms. The van der Waals surface area contributed by atoms with Gasteiger partial charge in [-0.15, -0.1) is 0 Å². The Balaban J connectivity index is 2.19. The van der Waals surface area contributed by atoms with Crippen molar-refractivity contribution in [2.75, 3.05) is 0 Å². The molecule has 0 aromatic carbocycles. The van der Waals surface area contributed by atoms with Gasteiger partial charge in [0.05, 0.1) is 0 Å². The van der Waals surface area contributed by atoms with Crippen molar-refractivity contribution >= 4 is 6.16 Å². The van der Waals surface area contributed by atoms with Crippen LogP contribution >= 0.6 is 0 Å². The molecule has 0 saturated heterocycles. The zero-order valence-corrected chi connectivity index (χ0v) is 5.80. The second-order valence-electron chi connectivity index (χ2n) is 2.47. The highest BCUT2D eigenvalue weighted by Gasteiger charge is 2.17. The van der Waals surface area contributed by atoms with Gasteiger partial charge in [0.1, 0.15) is 0 Å². The minimum Gasteiger partial charge on any atom is -0.450 e. The second-order valence-corrected chi connectivity index (χ2v) is 2.47. The molecule has 1 aliphatic carbocycles. The number of ether oxygens (including phenoxy) is 1. The predicted octanol–water partition coefficient (Wildman–Crippen LogP) is 2.18. The van der Waals surface area contributed by atoms with Crippen LogP contribution in [0.1, 0.15) is 32.1 Å². The Morgan fingerprint density at radius 3 is 2.40 bits per heavy atom. The van der Waals surface area contributed by atoms with E-state index in [-0.39, 0.29) is 0 Å². The van der Waals surface area contributed by atoms with Gasteiger partial charge in [0.25, 0.3) is 0 Å². The lowest BCUT2D eigenvalue weighted by molar-refractivity contribution is 0.0840. The van der Waals surface area contributed by atoms with Gasteiger partial charge in [-0.3, -0.25) is 0 Å². The largest absolute Gasteiger partial charge is 0.506 e. The van der Waals surface area contributed by atoms with Crippen molar-refractivity contribution < 1.29 is 14.6 Å². The van der Waals surface area contributed by atoms with E-state index in [1.54, 1.807) is 0 Å². The van der Waals surface area contributed by atoms with E-state index in [0.717, 1.165) is 31.8 Å². The van der Waals surface area contributed by atoms with Gasteiger partial charge in [-0.25, -0.2) is 4.79 Å². The molecule has 0 bridgehead atoms. The summed E-state index contributed by atoms with van der Waals surface area (Å²) in [5.41, 5.74) is 0. The Morgan fingerprint density at radius 2 is 1.90 bits per heavy atom. The molecule has 0 heterocycles. The maximum Gasteiger partial charge on any atom is 0.506 e. The minimum atomic E-state index is -1.17. The van der Waals surface area contributed by atoms with Gasteiger partial charge in [0, 0.05) is 0 Å². The Labute approximate surface area is 60.0 Å². The molecule has 1 N–H and O–H groups in total. The summed E-state index contributed by atoms with van der Waals surface area (Å²) in [6.07, 6.45) is 4.56. The first kappa shape index (κ1) is 7.38. The van der Waals surface area contributed by atoms with Crippen LogP contribution in [0.3, 0.4) is 0 Å². The average molecular weight is 143 g/mol. The first-order valence-electron chi connectivity index (χ1n) is 3.54. The average Bonchev–Trinajstić information content (AvgIpc) is 1.88. The van der Waals surface area contributed by atoms with Crippen LogP contribution in [-0.2, 0) is 4.74 Å². The highest BCUT2D eigenvalue weighted by atomic mass is 16.7. The first-order valence-corrected chi connectivity index (χ1v) is 3.54. The van der Waals surface area contributed by atoms with Gasteiger partial charge in [-0.2, -0.15) is 0 Å². The molecular weight excluding hydrogens is 132 g/mol. The molecule has 1 rings (SSSR count). The summed E-state index contributed by atoms with van der Waals surface area (Å²) in [5.74, 6) is 0. The van der Waals surface area contributed by atoms with Crippen molar-refractivity contribution in [3.8, 4) is 0 Å². The van der Waals surface area contributed by atoms with Crippen LogP contribution in [0, 0.1) is 6.10 Å². The van der Waals surface area contributed by atoms with Crippen molar-refractivity contribution in [1.29, 1.82) is 0 Å². The molecule has 1 aliphatic rings. The summed E-state index contributed by atoms with van der Waals surface area (Å²) in [5, 5.41) is 8.22. The molecule has 1 fully saturated rings. The molecule has 1 radical (unpaired) electrons. The highest BCUT2D eigenvalue weighted by molar-refractivity contribution is 5.57. The molecule has 0 aliphatic heterocycles. The van der Waals surface area contributed by atoms with Crippen molar-refractivity contribution in [2.24, 2.45) is 0 Å². The molecule has 3 heteroatoms. The third kappa shape index (κ3) is 2.25. The lowest BCUT2D eigenvalue weighted by atomic mass is 9.98. The Kier molecular flexibility index (Phi) is 2.54. The van der Waals surface area contributed by atoms with Gasteiger partial charge in [-0.05, 0) is 25.7 Å². The number of hydrogen-bond donors (Lipinski definition) is 1. The summed E-state index contributed by atoms with van der Waals surface area (Å²) >= 11 is 0. The SMILES string of the molecule is O=C(O)O[C]1CCCCC1. The van der Waals surface area contributed by atoms with E-state index in [4.69, 9.17) is 5.11 Å². The maximum absolute atomic E-state index is 10.0. The minimum absolute atomic E-state index is 0.735. The van der Waals surface area contributed by atoms with E-state index in [1.807, 2.05) is 0 Å². The van der Waals surface area contributed by atoms with E-state index in [9.17, 15) is 4.79 Å². The maximum atomic E-state index is 10.0. The van der Waals surface area contributed by atoms with Crippen LogP contribution < -0.4 is 0 Å². The summed E-state index contributed by atoms with van der Waals surface area (Å²) in [4.78, 5) is 10.0. The molecular formula is C7H11O3. The van der Waals surface area contributed by atoms with Gasteiger partial charge < -0.3 is 9.84 Å². The molecule has 57 valence electrons. The Bertz CT molecular complexity index is 116. The molecule has 0 unspecified atom stereocenters. The van der Waals surface area contributed by atoms with E-state index in [0.29, 0.717) is 0 Å². The van der Waals surface area contributed by atoms with Crippen molar-refractivity contribution in [1.82, 2.24) is 0 Å². The fourth-order valence-corrected chi connectivity index (χ4v) is 1.17. The molecule has 0 aromatic rings. The van der Waals surface area contributed by atoms with Crippen LogP contribution in [0.15, 0.2) is 0 Å². The number of carbonyl (C=O) groups is 1. The first-order chi connectivity index (χ1) is 4.79. The summed E-state index contributed by atoms with van der Waals surface area (Å²) in [6, 6.07) is 0. The van der Waals surface area contributed by atoms with Crippen LogP contribution in [0.5, 0.6) is 0 Å². The van der Waals surface area contributed by atoms with E-state index in [1.165, 1.54) is 6.42 Å². The van der Waals surface area contributed by atoms with Crippen LogP contribution in [0.2, 0.25) is 0 Å². The van der Waals surface area contributed by atoms with E-state index >= 15 is 0 Å². The highest BCUT2D eigenvalue weighted by Crippen LogP contribution is 2.26. The standard InChI is InChI=1S/C7H11O3/c8-7(9)10-6-4-2-1-3-5-6/h1-5H2,(H,8,9). The van der Waals surface area contributed by atoms with Gasteiger partial charge >= 0.3 is 6.16 Å². The van der Waals surface area contributed by atoms with E-state index in [2.05, 4.69) is 4.74 Å². The lowest BCUT2D eigenvalue weighted by Crippen LogP contribution is -2.11. The monoisotopic (exact) mass is 143 g/mol. The quantitative estimate of drug-likeness (QED) is 0.572. The molecule has 0 aromatic heterocycles. The molecule has 1 saturated carbocycles. The van der Waals surface area contributed by atoms with Gasteiger partial charge in [-0.1, -0.05) is 6.42 Å². The molecule has 3 nitrogen and oxygen atoms in total. The van der Waals surface area contributed by atoms with Crippen LogP contribution in [-0.4, -0.2) is 11.3 Å². The zero-order chi connectivity index (χ0) is 7.40. The van der Waals surface area contributed by atoms with Crippen molar-refractivity contribution in [2.45, 2.75) is 32.1 Å².